The first-order chi connectivity index (χ1) is 14.3. The molecule has 4 aromatic rings. The molecule has 0 amide bonds. The third-order valence-electron chi connectivity index (χ3n) is 5.74. The molecule has 29 heavy (non-hydrogen) atoms. The fourth-order valence-electron chi connectivity index (χ4n) is 4.33. The van der Waals surface area contributed by atoms with E-state index in [1.54, 1.807) is 18.0 Å². The van der Waals surface area contributed by atoms with Crippen LogP contribution in [0.2, 0.25) is 5.02 Å². The Morgan fingerprint density at radius 2 is 1.83 bits per heavy atom. The predicted octanol–water partition coefficient (Wildman–Crippen LogP) is 7.17. The SMILES string of the molecule is Clc1ccc2c3c(ccc2c1)C1=C(CCC=C1)CC3.c1cnc2ccncc2c1. The maximum atomic E-state index is 6.09. The van der Waals surface area contributed by atoms with Gasteiger partial charge in [0.05, 0.1) is 5.52 Å². The van der Waals surface area contributed by atoms with Crippen molar-refractivity contribution in [2.24, 2.45) is 0 Å². The molecule has 0 saturated heterocycles. The second kappa shape index (κ2) is 7.81. The van der Waals surface area contributed by atoms with Crippen molar-refractivity contribution in [1.29, 1.82) is 0 Å². The van der Waals surface area contributed by atoms with E-state index in [2.05, 4.69) is 46.4 Å². The minimum absolute atomic E-state index is 0.820. The van der Waals surface area contributed by atoms with Gasteiger partial charge in [0.25, 0.3) is 0 Å². The van der Waals surface area contributed by atoms with Crippen LogP contribution in [0.4, 0.5) is 0 Å². The molecule has 2 aliphatic carbocycles. The molecule has 0 fully saturated rings. The van der Waals surface area contributed by atoms with Gasteiger partial charge in [0.1, 0.15) is 0 Å². The highest BCUT2D eigenvalue weighted by molar-refractivity contribution is 6.31. The Kier molecular flexibility index (Phi) is 4.87. The lowest BCUT2D eigenvalue weighted by atomic mass is 9.80. The van der Waals surface area contributed by atoms with Gasteiger partial charge in [-0.15, -0.1) is 0 Å². The summed E-state index contributed by atoms with van der Waals surface area (Å²) in [6.07, 6.45) is 14.8. The van der Waals surface area contributed by atoms with Gasteiger partial charge in [-0.25, -0.2) is 0 Å². The summed E-state index contributed by atoms with van der Waals surface area (Å²) in [6, 6.07) is 16.5. The van der Waals surface area contributed by atoms with E-state index in [0.29, 0.717) is 0 Å². The quantitative estimate of drug-likeness (QED) is 0.314. The number of allylic oxidation sites excluding steroid dienone is 4. The van der Waals surface area contributed by atoms with E-state index in [0.717, 1.165) is 15.9 Å². The lowest BCUT2D eigenvalue weighted by Crippen LogP contribution is -2.06. The minimum atomic E-state index is 0.820. The first-order valence-corrected chi connectivity index (χ1v) is 10.4. The van der Waals surface area contributed by atoms with E-state index in [1.807, 2.05) is 30.5 Å². The van der Waals surface area contributed by atoms with Gasteiger partial charge in [-0.1, -0.05) is 47.5 Å². The van der Waals surface area contributed by atoms with Gasteiger partial charge in [-0.2, -0.15) is 0 Å². The van der Waals surface area contributed by atoms with E-state index in [1.165, 1.54) is 53.2 Å². The number of halogens is 1. The van der Waals surface area contributed by atoms with E-state index in [4.69, 9.17) is 11.6 Å². The van der Waals surface area contributed by atoms with Crippen LogP contribution >= 0.6 is 11.6 Å². The van der Waals surface area contributed by atoms with E-state index < -0.39 is 0 Å². The van der Waals surface area contributed by atoms with E-state index in [-0.39, 0.29) is 0 Å². The Hall–Kier alpha value is -2.97. The largest absolute Gasteiger partial charge is 0.264 e. The van der Waals surface area contributed by atoms with E-state index >= 15 is 0 Å². The molecule has 2 aromatic heterocycles. The van der Waals surface area contributed by atoms with Gasteiger partial charge in [0.15, 0.2) is 0 Å². The molecule has 0 unspecified atom stereocenters. The number of nitrogens with zero attached hydrogens (tertiary/aromatic N) is 2. The highest BCUT2D eigenvalue weighted by Crippen LogP contribution is 2.40. The molecule has 2 aromatic carbocycles. The third-order valence-corrected chi connectivity index (χ3v) is 5.98. The highest BCUT2D eigenvalue weighted by atomic mass is 35.5. The number of aromatic nitrogens is 2. The maximum absolute atomic E-state index is 6.09. The number of rotatable bonds is 0. The molecule has 0 saturated carbocycles. The number of hydrogen-bond acceptors (Lipinski definition) is 2. The van der Waals surface area contributed by atoms with Crippen molar-refractivity contribution in [2.45, 2.75) is 25.7 Å². The molecule has 0 atom stereocenters. The summed E-state index contributed by atoms with van der Waals surface area (Å²) in [5.74, 6) is 0. The molecule has 0 spiro atoms. The molecule has 142 valence electrons. The van der Waals surface area contributed by atoms with Gasteiger partial charge in [-0.3, -0.25) is 9.97 Å². The van der Waals surface area contributed by atoms with Crippen LogP contribution in [0.3, 0.4) is 0 Å². The van der Waals surface area contributed by atoms with Gasteiger partial charge in [0.2, 0.25) is 0 Å². The Morgan fingerprint density at radius 3 is 2.76 bits per heavy atom. The van der Waals surface area contributed by atoms with Gasteiger partial charge in [-0.05, 0) is 83.5 Å². The standard InChI is InChI=1S/C18H15Cl.C8H6N2/c19-14-7-10-16-13(11-14)6-9-17-15-4-2-1-3-12(15)5-8-18(16)17;1-2-7-6-9-5-3-8(7)10-4-1/h2,4,6-7,9-11H,1,3,5,8H2;1-6H. The molecule has 0 bridgehead atoms. The van der Waals surface area contributed by atoms with Crippen LogP contribution in [0.1, 0.15) is 30.4 Å². The highest BCUT2D eigenvalue weighted by Gasteiger charge is 2.20. The van der Waals surface area contributed by atoms with Gasteiger partial charge in [0, 0.05) is 29.0 Å². The Balaban J connectivity index is 0.000000153. The smallest absolute Gasteiger partial charge is 0.0732 e. The van der Waals surface area contributed by atoms with Crippen LogP contribution in [0, 0.1) is 0 Å². The molecular weight excluding hydrogens is 376 g/mol. The lowest BCUT2D eigenvalue weighted by Gasteiger charge is -2.25. The zero-order valence-electron chi connectivity index (χ0n) is 16.1. The Morgan fingerprint density at radius 1 is 0.862 bits per heavy atom. The summed E-state index contributed by atoms with van der Waals surface area (Å²) in [5.41, 5.74) is 7.05. The molecule has 6 rings (SSSR count). The number of hydrogen-bond donors (Lipinski definition) is 0. The average Bonchev–Trinajstić information content (AvgIpc) is 2.79. The van der Waals surface area contributed by atoms with Gasteiger partial charge >= 0.3 is 0 Å². The zero-order valence-corrected chi connectivity index (χ0v) is 16.9. The normalized spacial score (nSPS) is 14.9. The maximum Gasteiger partial charge on any atom is 0.0732 e. The predicted molar refractivity (Wildman–Crippen MR) is 122 cm³/mol. The van der Waals surface area contributed by atoms with Crippen LogP contribution in [0.25, 0.3) is 27.2 Å². The number of aryl methyl sites for hydroxylation is 1. The van der Waals surface area contributed by atoms with Gasteiger partial charge < -0.3 is 0 Å². The summed E-state index contributed by atoms with van der Waals surface area (Å²) >= 11 is 6.09. The fourth-order valence-corrected chi connectivity index (χ4v) is 4.51. The van der Waals surface area contributed by atoms with Crippen molar-refractivity contribution >= 4 is 38.8 Å². The second-order valence-corrected chi connectivity index (χ2v) is 7.92. The first-order valence-electron chi connectivity index (χ1n) is 10.0. The van der Waals surface area contributed by atoms with Crippen molar-refractivity contribution in [3.63, 3.8) is 0 Å². The number of benzene rings is 2. The van der Waals surface area contributed by atoms with Crippen LogP contribution < -0.4 is 0 Å². The summed E-state index contributed by atoms with van der Waals surface area (Å²) in [4.78, 5) is 8.11. The summed E-state index contributed by atoms with van der Waals surface area (Å²) < 4.78 is 0. The molecular formula is C26H21ClN2. The van der Waals surface area contributed by atoms with Crippen LogP contribution in [-0.2, 0) is 6.42 Å². The molecule has 2 heterocycles. The zero-order chi connectivity index (χ0) is 19.6. The van der Waals surface area contributed by atoms with Crippen molar-refractivity contribution in [3.8, 4) is 0 Å². The monoisotopic (exact) mass is 396 g/mol. The Labute approximate surface area is 175 Å². The van der Waals surface area contributed by atoms with Crippen LogP contribution in [-0.4, -0.2) is 9.97 Å². The Bertz CT molecular complexity index is 1200. The van der Waals surface area contributed by atoms with Crippen molar-refractivity contribution in [1.82, 2.24) is 9.97 Å². The number of pyridine rings is 2. The topological polar surface area (TPSA) is 25.8 Å². The summed E-state index contributed by atoms with van der Waals surface area (Å²) in [6.45, 7) is 0. The van der Waals surface area contributed by atoms with Crippen LogP contribution in [0.5, 0.6) is 0 Å². The first kappa shape index (κ1) is 18.1. The number of fused-ring (bicyclic) bond motifs is 5. The average molecular weight is 397 g/mol. The minimum Gasteiger partial charge on any atom is -0.264 e. The molecule has 0 N–H and O–H groups in total. The van der Waals surface area contributed by atoms with Crippen molar-refractivity contribution < 1.29 is 0 Å². The van der Waals surface area contributed by atoms with E-state index in [9.17, 15) is 0 Å². The molecule has 0 aliphatic heterocycles. The lowest BCUT2D eigenvalue weighted by molar-refractivity contribution is 0.831. The third kappa shape index (κ3) is 3.56. The summed E-state index contributed by atoms with van der Waals surface area (Å²) in [7, 11) is 0. The molecule has 0 radical (unpaired) electrons. The second-order valence-electron chi connectivity index (χ2n) is 7.49. The van der Waals surface area contributed by atoms with Crippen LogP contribution in [0.15, 0.2) is 84.8 Å². The van der Waals surface area contributed by atoms with Crippen molar-refractivity contribution in [2.75, 3.05) is 0 Å². The van der Waals surface area contributed by atoms with Crippen molar-refractivity contribution in [3.05, 3.63) is 101 Å². The fraction of sp³-hybridized carbons (Fsp3) is 0.154. The molecule has 2 aliphatic rings. The summed E-state index contributed by atoms with van der Waals surface area (Å²) in [5, 5.41) is 4.54. The molecule has 2 nitrogen and oxygen atoms in total. The molecule has 3 heteroatoms.